The zero-order chi connectivity index (χ0) is 19.6. The maximum absolute atomic E-state index is 13.0. The van der Waals surface area contributed by atoms with Crippen LogP contribution in [0.25, 0.3) is 11.0 Å². The van der Waals surface area contributed by atoms with Gasteiger partial charge in [-0.25, -0.2) is 9.78 Å². The van der Waals surface area contributed by atoms with Gasteiger partial charge in [-0.3, -0.25) is 0 Å². The molecule has 3 aromatic rings. The van der Waals surface area contributed by atoms with Crippen LogP contribution < -0.4 is 0 Å². The van der Waals surface area contributed by atoms with E-state index in [0.717, 1.165) is 36.4 Å². The number of benzene rings is 2. The first-order valence-corrected chi connectivity index (χ1v) is 8.68. The number of fused-ring (bicyclic) bond motifs is 1. The van der Waals surface area contributed by atoms with Gasteiger partial charge in [0.05, 0.1) is 22.2 Å². The minimum absolute atomic E-state index is 0.190. The summed E-state index contributed by atoms with van der Waals surface area (Å²) in [5.74, 6) is -0.272. The Balaban J connectivity index is 2.01. The summed E-state index contributed by atoms with van der Waals surface area (Å²) in [6, 6.07) is 10.1. The van der Waals surface area contributed by atoms with Crippen LogP contribution in [0.4, 0.5) is 13.2 Å². The smallest absolute Gasteiger partial charge is 0.416 e. The number of aromatic nitrogens is 2. The third-order valence-corrected chi connectivity index (χ3v) is 4.45. The monoisotopic (exact) mass is 376 g/mol. The van der Waals surface area contributed by atoms with E-state index in [1.54, 1.807) is 12.1 Å². The van der Waals surface area contributed by atoms with E-state index in [1.807, 2.05) is 11.5 Å². The molecule has 4 nitrogen and oxygen atoms in total. The molecule has 3 rings (SSSR count). The number of hydrogen-bond acceptors (Lipinski definition) is 2. The molecule has 0 fully saturated rings. The number of carboxylic acid groups (broad SMARTS) is 1. The van der Waals surface area contributed by atoms with Crippen LogP contribution in [0.1, 0.15) is 47.1 Å². The summed E-state index contributed by atoms with van der Waals surface area (Å²) in [4.78, 5) is 15.4. The van der Waals surface area contributed by atoms with Gasteiger partial charge in [0, 0.05) is 13.0 Å². The Hall–Kier alpha value is -2.83. The van der Waals surface area contributed by atoms with Crippen molar-refractivity contribution in [2.24, 2.45) is 0 Å². The first kappa shape index (κ1) is 18.9. The number of nitrogens with zero attached hydrogens (tertiary/aromatic N) is 2. The highest BCUT2D eigenvalue weighted by Gasteiger charge is 2.31. The van der Waals surface area contributed by atoms with Gasteiger partial charge in [-0.2, -0.15) is 13.2 Å². The Kier molecular flexibility index (Phi) is 5.21. The Bertz CT molecular complexity index is 960. The Morgan fingerprint density at radius 2 is 1.85 bits per heavy atom. The Morgan fingerprint density at radius 1 is 1.15 bits per heavy atom. The van der Waals surface area contributed by atoms with Gasteiger partial charge >= 0.3 is 12.1 Å². The van der Waals surface area contributed by atoms with Crippen LogP contribution in [0.3, 0.4) is 0 Å². The summed E-state index contributed by atoms with van der Waals surface area (Å²) in [6.45, 7) is 2.46. The van der Waals surface area contributed by atoms with Gasteiger partial charge in [-0.05, 0) is 42.3 Å². The number of aromatic carboxylic acids is 1. The summed E-state index contributed by atoms with van der Waals surface area (Å²) in [5, 5.41) is 9.00. The molecule has 0 aliphatic rings. The second-order valence-corrected chi connectivity index (χ2v) is 6.42. The summed E-state index contributed by atoms with van der Waals surface area (Å²) in [6.07, 6.45) is -1.91. The second kappa shape index (κ2) is 7.42. The standard InChI is InChI=1S/C20H19F3N2O2/c1-2-3-4-18-24-16-11-15(20(21,22)23)9-10-17(16)25(18)12-13-5-7-14(8-6-13)19(26)27/h5-11H,2-4,12H2,1H3,(H,26,27). The summed E-state index contributed by atoms with van der Waals surface area (Å²) in [5.41, 5.74) is 1.29. The van der Waals surface area contributed by atoms with E-state index < -0.39 is 17.7 Å². The summed E-state index contributed by atoms with van der Waals surface area (Å²) >= 11 is 0. The van der Waals surface area contributed by atoms with Crippen LogP contribution in [0.15, 0.2) is 42.5 Å². The zero-order valence-corrected chi connectivity index (χ0v) is 14.8. The van der Waals surface area contributed by atoms with Crippen molar-refractivity contribution >= 4 is 17.0 Å². The van der Waals surface area contributed by atoms with E-state index >= 15 is 0 Å². The number of unbranched alkanes of at least 4 members (excludes halogenated alkanes) is 1. The third kappa shape index (κ3) is 4.13. The van der Waals surface area contributed by atoms with Gasteiger partial charge in [0.2, 0.25) is 0 Å². The number of halogens is 3. The molecule has 0 aliphatic heterocycles. The van der Waals surface area contributed by atoms with Crippen LogP contribution in [0.2, 0.25) is 0 Å². The number of alkyl halides is 3. The van der Waals surface area contributed by atoms with Gasteiger partial charge in [0.15, 0.2) is 0 Å². The van der Waals surface area contributed by atoms with Crippen molar-refractivity contribution in [3.05, 3.63) is 65.0 Å². The highest BCUT2D eigenvalue weighted by molar-refractivity contribution is 5.87. The molecule has 142 valence electrons. The maximum Gasteiger partial charge on any atom is 0.416 e. The molecular weight excluding hydrogens is 357 g/mol. The van der Waals surface area contributed by atoms with E-state index in [4.69, 9.17) is 5.11 Å². The fourth-order valence-corrected chi connectivity index (χ4v) is 2.99. The lowest BCUT2D eigenvalue weighted by atomic mass is 10.1. The molecule has 1 N–H and O–H groups in total. The van der Waals surface area contributed by atoms with Gasteiger partial charge in [0.1, 0.15) is 5.82 Å². The molecule has 0 aliphatic carbocycles. The van der Waals surface area contributed by atoms with E-state index in [-0.39, 0.29) is 5.56 Å². The molecular formula is C20H19F3N2O2. The first-order valence-electron chi connectivity index (χ1n) is 8.68. The van der Waals surface area contributed by atoms with Gasteiger partial charge in [-0.1, -0.05) is 25.5 Å². The maximum atomic E-state index is 13.0. The number of carboxylic acids is 1. The number of carbonyl (C=O) groups is 1. The van der Waals surface area contributed by atoms with Crippen molar-refractivity contribution in [2.75, 3.05) is 0 Å². The molecule has 0 amide bonds. The molecule has 27 heavy (non-hydrogen) atoms. The van der Waals surface area contributed by atoms with E-state index in [2.05, 4.69) is 4.98 Å². The molecule has 0 radical (unpaired) electrons. The number of imidazole rings is 1. The highest BCUT2D eigenvalue weighted by atomic mass is 19.4. The molecule has 0 unspecified atom stereocenters. The Labute approximate surface area is 154 Å². The van der Waals surface area contributed by atoms with Crippen LogP contribution in [-0.2, 0) is 19.1 Å². The fraction of sp³-hybridized carbons (Fsp3) is 0.300. The van der Waals surface area contributed by atoms with Crippen LogP contribution in [-0.4, -0.2) is 20.6 Å². The lowest BCUT2D eigenvalue weighted by Crippen LogP contribution is -2.06. The Morgan fingerprint density at radius 3 is 2.44 bits per heavy atom. The molecule has 0 spiro atoms. The molecule has 0 atom stereocenters. The second-order valence-electron chi connectivity index (χ2n) is 6.42. The minimum atomic E-state index is -4.41. The van der Waals surface area contributed by atoms with Crippen molar-refractivity contribution in [3.8, 4) is 0 Å². The summed E-state index contributed by atoms with van der Waals surface area (Å²) < 4.78 is 40.9. The lowest BCUT2D eigenvalue weighted by molar-refractivity contribution is -0.137. The summed E-state index contributed by atoms with van der Waals surface area (Å²) in [7, 11) is 0. The average Bonchev–Trinajstić information content (AvgIpc) is 2.96. The third-order valence-electron chi connectivity index (χ3n) is 4.45. The number of aryl methyl sites for hydroxylation is 1. The van der Waals surface area contributed by atoms with Crippen molar-refractivity contribution in [2.45, 2.75) is 38.9 Å². The van der Waals surface area contributed by atoms with Crippen LogP contribution in [0.5, 0.6) is 0 Å². The molecule has 7 heteroatoms. The molecule has 0 saturated heterocycles. The molecule has 0 bridgehead atoms. The van der Waals surface area contributed by atoms with Gasteiger partial charge < -0.3 is 9.67 Å². The van der Waals surface area contributed by atoms with Crippen molar-refractivity contribution in [3.63, 3.8) is 0 Å². The number of hydrogen-bond donors (Lipinski definition) is 1. The molecule has 2 aromatic carbocycles. The quantitative estimate of drug-likeness (QED) is 0.648. The molecule has 1 aromatic heterocycles. The SMILES string of the molecule is CCCCc1nc2cc(C(F)(F)F)ccc2n1Cc1ccc(C(=O)O)cc1. The van der Waals surface area contributed by atoms with E-state index in [9.17, 15) is 18.0 Å². The fourth-order valence-electron chi connectivity index (χ4n) is 2.99. The van der Waals surface area contributed by atoms with Crippen molar-refractivity contribution in [1.82, 2.24) is 9.55 Å². The normalized spacial score (nSPS) is 11.9. The predicted octanol–water partition coefficient (Wildman–Crippen LogP) is 5.14. The van der Waals surface area contributed by atoms with E-state index in [0.29, 0.717) is 24.0 Å². The van der Waals surface area contributed by atoms with Gasteiger partial charge in [0.25, 0.3) is 0 Å². The first-order chi connectivity index (χ1) is 12.8. The zero-order valence-electron chi connectivity index (χ0n) is 14.8. The van der Waals surface area contributed by atoms with Gasteiger partial charge in [-0.15, -0.1) is 0 Å². The molecule has 1 heterocycles. The minimum Gasteiger partial charge on any atom is -0.478 e. The average molecular weight is 376 g/mol. The van der Waals surface area contributed by atoms with Crippen LogP contribution in [0, 0.1) is 0 Å². The lowest BCUT2D eigenvalue weighted by Gasteiger charge is -2.10. The largest absolute Gasteiger partial charge is 0.478 e. The van der Waals surface area contributed by atoms with Crippen LogP contribution >= 0.6 is 0 Å². The number of rotatable bonds is 6. The van der Waals surface area contributed by atoms with Crippen molar-refractivity contribution in [1.29, 1.82) is 0 Å². The molecule has 0 saturated carbocycles. The van der Waals surface area contributed by atoms with Crippen molar-refractivity contribution < 1.29 is 23.1 Å². The highest BCUT2D eigenvalue weighted by Crippen LogP contribution is 2.32. The topological polar surface area (TPSA) is 55.1 Å². The van der Waals surface area contributed by atoms with E-state index in [1.165, 1.54) is 18.2 Å². The predicted molar refractivity (Wildman–Crippen MR) is 95.9 cm³/mol.